The molecule has 1 aromatic heterocycles. The van der Waals surface area contributed by atoms with E-state index in [0.29, 0.717) is 12.6 Å². The van der Waals surface area contributed by atoms with Gasteiger partial charge in [0.15, 0.2) is 0 Å². The van der Waals surface area contributed by atoms with E-state index < -0.39 is 0 Å². The number of nitrogens with two attached hydrogens (primary N) is 1. The molecule has 0 aromatic carbocycles. The molecular weight excluding hydrogens is 250 g/mol. The van der Waals surface area contributed by atoms with E-state index in [1.165, 1.54) is 32.1 Å². The summed E-state index contributed by atoms with van der Waals surface area (Å²) in [6, 6.07) is 0.446. The molecular formula is C16H25N3O. The molecule has 3 N–H and O–H groups in total. The number of aromatic amines is 1. The Morgan fingerprint density at radius 2 is 1.80 bits per heavy atom. The first-order valence-electron chi connectivity index (χ1n) is 8.25. The number of aromatic nitrogens is 2. The predicted molar refractivity (Wildman–Crippen MR) is 78.5 cm³/mol. The van der Waals surface area contributed by atoms with Gasteiger partial charge in [0.05, 0.1) is 6.04 Å². The number of nitrogens with one attached hydrogen (secondary N) is 1. The van der Waals surface area contributed by atoms with E-state index in [1.54, 1.807) is 0 Å². The summed E-state index contributed by atoms with van der Waals surface area (Å²) in [6.45, 7) is 0.655. The molecule has 4 aliphatic carbocycles. The van der Waals surface area contributed by atoms with Crippen LogP contribution in [0.15, 0.2) is 11.0 Å². The molecule has 0 spiro atoms. The van der Waals surface area contributed by atoms with Crippen molar-refractivity contribution in [1.82, 2.24) is 9.78 Å². The van der Waals surface area contributed by atoms with Crippen molar-refractivity contribution in [3.05, 3.63) is 22.1 Å². The smallest absolute Gasteiger partial charge is 0.269 e. The monoisotopic (exact) mass is 275 g/mol. The van der Waals surface area contributed by atoms with Crippen LogP contribution >= 0.6 is 0 Å². The molecule has 110 valence electrons. The molecule has 0 radical (unpaired) electrons. The van der Waals surface area contributed by atoms with Crippen molar-refractivity contribution in [2.75, 3.05) is 6.54 Å². The van der Waals surface area contributed by atoms with Gasteiger partial charge in [-0.05, 0) is 75.2 Å². The van der Waals surface area contributed by atoms with Crippen molar-refractivity contribution in [2.24, 2.45) is 29.4 Å². The van der Waals surface area contributed by atoms with Gasteiger partial charge in [0.25, 0.3) is 5.56 Å². The van der Waals surface area contributed by atoms with Gasteiger partial charge in [-0.25, -0.2) is 4.68 Å². The van der Waals surface area contributed by atoms with Crippen LogP contribution in [-0.4, -0.2) is 16.3 Å². The van der Waals surface area contributed by atoms with Gasteiger partial charge in [-0.3, -0.25) is 4.79 Å². The maximum Gasteiger partial charge on any atom is 0.269 e. The summed E-state index contributed by atoms with van der Waals surface area (Å²) in [5.74, 6) is 3.39. The van der Waals surface area contributed by atoms with E-state index in [0.717, 1.165) is 42.1 Å². The molecule has 4 saturated carbocycles. The molecule has 1 heterocycles. The molecule has 4 nitrogen and oxygen atoms in total. The molecule has 4 fully saturated rings. The lowest BCUT2D eigenvalue weighted by atomic mass is 9.54. The Bertz CT molecular complexity index is 516. The SMILES string of the molecule is NCCCc1c[nH]n(C2C3CC4CC(C3)CC2C4)c1=O. The summed E-state index contributed by atoms with van der Waals surface area (Å²) < 4.78 is 1.97. The molecule has 1 aromatic rings. The van der Waals surface area contributed by atoms with Crippen LogP contribution in [0.2, 0.25) is 0 Å². The van der Waals surface area contributed by atoms with E-state index in [-0.39, 0.29) is 5.56 Å². The van der Waals surface area contributed by atoms with Gasteiger partial charge in [-0.15, -0.1) is 0 Å². The van der Waals surface area contributed by atoms with Gasteiger partial charge in [0, 0.05) is 11.8 Å². The maximum atomic E-state index is 12.6. The number of aryl methyl sites for hydroxylation is 1. The zero-order chi connectivity index (χ0) is 13.7. The van der Waals surface area contributed by atoms with E-state index >= 15 is 0 Å². The Kier molecular flexibility index (Phi) is 3.02. The van der Waals surface area contributed by atoms with Crippen LogP contribution < -0.4 is 11.3 Å². The first kappa shape index (κ1) is 12.7. The molecule has 4 aliphatic rings. The van der Waals surface area contributed by atoms with Crippen molar-refractivity contribution in [3.63, 3.8) is 0 Å². The minimum Gasteiger partial charge on any atom is -0.330 e. The Morgan fingerprint density at radius 3 is 2.40 bits per heavy atom. The van der Waals surface area contributed by atoms with Crippen LogP contribution in [0.4, 0.5) is 0 Å². The van der Waals surface area contributed by atoms with Crippen molar-refractivity contribution in [2.45, 2.75) is 51.0 Å². The van der Waals surface area contributed by atoms with Gasteiger partial charge in [0.2, 0.25) is 0 Å². The number of nitrogens with zero attached hydrogens (tertiary/aromatic N) is 1. The minimum atomic E-state index is 0.218. The number of H-pyrrole nitrogens is 1. The molecule has 4 bridgehead atoms. The standard InChI is InChI=1S/C16H25N3O/c17-3-1-2-12-9-18-19(16(12)20)15-13-5-10-4-11(7-13)8-14(15)6-10/h9-11,13-15,18H,1-8,17H2. The van der Waals surface area contributed by atoms with Crippen LogP contribution in [0, 0.1) is 23.7 Å². The van der Waals surface area contributed by atoms with Crippen molar-refractivity contribution in [3.8, 4) is 0 Å². The molecule has 0 atom stereocenters. The van der Waals surface area contributed by atoms with Gasteiger partial charge in [0.1, 0.15) is 0 Å². The molecule has 0 aliphatic heterocycles. The summed E-state index contributed by atoms with van der Waals surface area (Å²) in [5, 5.41) is 3.27. The van der Waals surface area contributed by atoms with Crippen LogP contribution in [0.5, 0.6) is 0 Å². The highest BCUT2D eigenvalue weighted by molar-refractivity contribution is 5.08. The molecule has 0 unspecified atom stereocenters. The lowest BCUT2D eigenvalue weighted by Gasteiger charge is -2.54. The second-order valence-electron chi connectivity index (χ2n) is 7.29. The van der Waals surface area contributed by atoms with E-state index in [4.69, 9.17) is 5.73 Å². The van der Waals surface area contributed by atoms with Crippen LogP contribution in [0.1, 0.15) is 50.1 Å². The van der Waals surface area contributed by atoms with Gasteiger partial charge in [-0.1, -0.05) is 0 Å². The maximum absolute atomic E-state index is 12.6. The lowest BCUT2D eigenvalue weighted by Crippen LogP contribution is -2.48. The van der Waals surface area contributed by atoms with E-state index in [2.05, 4.69) is 5.10 Å². The van der Waals surface area contributed by atoms with Crippen molar-refractivity contribution in [1.29, 1.82) is 0 Å². The first-order chi connectivity index (χ1) is 9.76. The number of rotatable bonds is 4. The fraction of sp³-hybridized carbons (Fsp3) is 0.812. The Morgan fingerprint density at radius 1 is 1.15 bits per heavy atom. The van der Waals surface area contributed by atoms with Gasteiger partial charge >= 0.3 is 0 Å². The van der Waals surface area contributed by atoms with E-state index in [1.807, 2.05) is 10.9 Å². The molecule has 4 heteroatoms. The average Bonchev–Trinajstić information content (AvgIpc) is 2.77. The molecule has 0 saturated heterocycles. The topological polar surface area (TPSA) is 63.8 Å². The zero-order valence-corrected chi connectivity index (χ0v) is 12.1. The second-order valence-corrected chi connectivity index (χ2v) is 7.29. The molecule has 20 heavy (non-hydrogen) atoms. The third-order valence-electron chi connectivity index (χ3n) is 6.00. The summed E-state index contributed by atoms with van der Waals surface area (Å²) in [4.78, 5) is 12.6. The fourth-order valence-electron chi connectivity index (χ4n) is 5.43. The van der Waals surface area contributed by atoms with E-state index in [9.17, 15) is 4.79 Å². The third-order valence-corrected chi connectivity index (χ3v) is 6.00. The summed E-state index contributed by atoms with van der Waals surface area (Å²) >= 11 is 0. The van der Waals surface area contributed by atoms with Crippen LogP contribution in [0.25, 0.3) is 0 Å². The number of hydrogen-bond acceptors (Lipinski definition) is 2. The lowest BCUT2D eigenvalue weighted by molar-refractivity contribution is -0.0348. The third kappa shape index (κ3) is 1.88. The minimum absolute atomic E-state index is 0.218. The van der Waals surface area contributed by atoms with Gasteiger partial charge < -0.3 is 10.8 Å². The highest BCUT2D eigenvalue weighted by atomic mass is 16.1. The number of hydrogen-bond donors (Lipinski definition) is 2. The Balaban J connectivity index is 1.61. The largest absolute Gasteiger partial charge is 0.330 e. The highest BCUT2D eigenvalue weighted by Crippen LogP contribution is 2.57. The van der Waals surface area contributed by atoms with Gasteiger partial charge in [-0.2, -0.15) is 0 Å². The molecule has 5 rings (SSSR count). The average molecular weight is 275 g/mol. The normalized spacial score (nSPS) is 38.5. The van der Waals surface area contributed by atoms with Crippen LogP contribution in [0.3, 0.4) is 0 Å². The summed E-state index contributed by atoms with van der Waals surface area (Å²) in [5.41, 5.74) is 6.69. The summed E-state index contributed by atoms with van der Waals surface area (Å²) in [6.07, 6.45) is 10.5. The molecule has 0 amide bonds. The fourth-order valence-corrected chi connectivity index (χ4v) is 5.43. The Hall–Kier alpha value is -1.03. The predicted octanol–water partition coefficient (Wildman–Crippen LogP) is 2.06. The highest BCUT2D eigenvalue weighted by Gasteiger charge is 2.49. The quantitative estimate of drug-likeness (QED) is 0.883. The Labute approximate surface area is 119 Å². The first-order valence-corrected chi connectivity index (χ1v) is 8.25. The van der Waals surface area contributed by atoms with Crippen molar-refractivity contribution >= 4 is 0 Å². The zero-order valence-electron chi connectivity index (χ0n) is 12.1. The van der Waals surface area contributed by atoms with Crippen molar-refractivity contribution < 1.29 is 0 Å². The summed E-state index contributed by atoms with van der Waals surface area (Å²) in [7, 11) is 0. The van der Waals surface area contributed by atoms with Crippen LogP contribution in [-0.2, 0) is 6.42 Å². The second kappa shape index (κ2) is 4.76.